The van der Waals surface area contributed by atoms with E-state index in [1.165, 1.54) is 0 Å². The van der Waals surface area contributed by atoms with Gasteiger partial charge in [0.2, 0.25) is 0 Å². The highest BCUT2D eigenvalue weighted by molar-refractivity contribution is 6.30. The zero-order valence-corrected chi connectivity index (χ0v) is 12.4. The summed E-state index contributed by atoms with van der Waals surface area (Å²) in [6, 6.07) is 5.58. The summed E-state index contributed by atoms with van der Waals surface area (Å²) in [6.07, 6.45) is 0. The molecule has 110 valence electrons. The Labute approximate surface area is 124 Å². The standard InChI is InChI=1S/C14H20ClN3O2/c1-2-16-10-11-9-12(15)3-4-13(11)20-8-7-18-6-5-17-14(18)19/h3-4,9,16H,2,5-8,10H2,1H3,(H,17,19). The number of hydrogen-bond donors (Lipinski definition) is 2. The van der Waals surface area contributed by atoms with E-state index in [1.54, 1.807) is 4.90 Å². The molecule has 1 aromatic carbocycles. The Bertz CT molecular complexity index is 468. The molecule has 1 aliphatic heterocycles. The van der Waals surface area contributed by atoms with Crippen LogP contribution < -0.4 is 15.4 Å². The van der Waals surface area contributed by atoms with Gasteiger partial charge in [0.05, 0.1) is 6.54 Å². The molecular formula is C14H20ClN3O2. The summed E-state index contributed by atoms with van der Waals surface area (Å²) in [5.41, 5.74) is 1.03. The first-order valence-electron chi connectivity index (χ1n) is 6.85. The van der Waals surface area contributed by atoms with Crippen molar-refractivity contribution in [3.05, 3.63) is 28.8 Å². The van der Waals surface area contributed by atoms with Gasteiger partial charge >= 0.3 is 6.03 Å². The van der Waals surface area contributed by atoms with Crippen molar-refractivity contribution in [1.82, 2.24) is 15.5 Å². The van der Waals surface area contributed by atoms with Gasteiger partial charge < -0.3 is 20.3 Å². The molecule has 0 bridgehead atoms. The topological polar surface area (TPSA) is 53.6 Å². The van der Waals surface area contributed by atoms with Gasteiger partial charge in [-0.2, -0.15) is 0 Å². The molecule has 2 amide bonds. The fourth-order valence-electron chi connectivity index (χ4n) is 2.08. The van der Waals surface area contributed by atoms with E-state index in [1.807, 2.05) is 18.2 Å². The minimum absolute atomic E-state index is 0.0161. The van der Waals surface area contributed by atoms with Crippen LogP contribution in [-0.2, 0) is 6.54 Å². The first-order valence-corrected chi connectivity index (χ1v) is 7.23. The molecule has 0 aromatic heterocycles. The normalized spacial score (nSPS) is 14.5. The van der Waals surface area contributed by atoms with Gasteiger partial charge in [0.25, 0.3) is 0 Å². The van der Waals surface area contributed by atoms with E-state index in [-0.39, 0.29) is 6.03 Å². The van der Waals surface area contributed by atoms with Gasteiger partial charge in [0.15, 0.2) is 0 Å². The lowest BCUT2D eigenvalue weighted by Gasteiger charge is -2.16. The number of hydrogen-bond acceptors (Lipinski definition) is 3. The van der Waals surface area contributed by atoms with Gasteiger partial charge in [-0.1, -0.05) is 18.5 Å². The van der Waals surface area contributed by atoms with Crippen molar-refractivity contribution in [2.24, 2.45) is 0 Å². The van der Waals surface area contributed by atoms with Crippen molar-refractivity contribution in [3.63, 3.8) is 0 Å². The Morgan fingerprint density at radius 2 is 2.35 bits per heavy atom. The SMILES string of the molecule is CCNCc1cc(Cl)ccc1OCCN1CCNC1=O. The van der Waals surface area contributed by atoms with Gasteiger partial charge in [-0.25, -0.2) is 4.79 Å². The van der Waals surface area contributed by atoms with E-state index in [4.69, 9.17) is 16.3 Å². The van der Waals surface area contributed by atoms with Crippen molar-refractivity contribution in [1.29, 1.82) is 0 Å². The summed E-state index contributed by atoms with van der Waals surface area (Å²) in [5, 5.41) is 6.72. The zero-order valence-electron chi connectivity index (χ0n) is 11.6. The van der Waals surface area contributed by atoms with Crippen LogP contribution in [0.25, 0.3) is 0 Å². The van der Waals surface area contributed by atoms with Crippen LogP contribution in [0.3, 0.4) is 0 Å². The summed E-state index contributed by atoms with van der Waals surface area (Å²) < 4.78 is 5.78. The monoisotopic (exact) mass is 297 g/mol. The lowest BCUT2D eigenvalue weighted by Crippen LogP contribution is -2.32. The number of nitrogens with zero attached hydrogens (tertiary/aromatic N) is 1. The number of nitrogens with one attached hydrogen (secondary N) is 2. The molecular weight excluding hydrogens is 278 g/mol. The molecule has 0 aliphatic carbocycles. The van der Waals surface area contributed by atoms with Gasteiger partial charge in [-0.3, -0.25) is 0 Å². The number of amides is 2. The largest absolute Gasteiger partial charge is 0.491 e. The van der Waals surface area contributed by atoms with E-state index in [2.05, 4.69) is 17.6 Å². The van der Waals surface area contributed by atoms with E-state index in [0.717, 1.165) is 30.9 Å². The minimum Gasteiger partial charge on any atom is -0.491 e. The van der Waals surface area contributed by atoms with Crippen molar-refractivity contribution in [3.8, 4) is 5.75 Å². The number of carbonyl (C=O) groups is 1. The highest BCUT2D eigenvalue weighted by Gasteiger charge is 2.18. The number of halogens is 1. The van der Waals surface area contributed by atoms with Crippen LogP contribution >= 0.6 is 11.6 Å². The molecule has 0 atom stereocenters. The summed E-state index contributed by atoms with van der Waals surface area (Å²) >= 11 is 6.01. The molecule has 1 heterocycles. The Kier molecular flexibility index (Phi) is 5.49. The van der Waals surface area contributed by atoms with E-state index in [0.29, 0.717) is 24.7 Å². The molecule has 5 nitrogen and oxygen atoms in total. The first kappa shape index (κ1) is 14.9. The summed E-state index contributed by atoms with van der Waals surface area (Å²) in [6.45, 7) is 6.19. The minimum atomic E-state index is -0.0161. The molecule has 2 rings (SSSR count). The summed E-state index contributed by atoms with van der Waals surface area (Å²) in [4.78, 5) is 13.2. The number of benzene rings is 1. The van der Waals surface area contributed by atoms with Crippen molar-refractivity contribution < 1.29 is 9.53 Å². The quantitative estimate of drug-likeness (QED) is 0.808. The molecule has 0 saturated carbocycles. The molecule has 1 aliphatic rings. The third-order valence-corrected chi connectivity index (χ3v) is 3.39. The van der Waals surface area contributed by atoms with Crippen LogP contribution in [0.5, 0.6) is 5.75 Å². The molecule has 20 heavy (non-hydrogen) atoms. The maximum absolute atomic E-state index is 11.4. The fourth-order valence-corrected chi connectivity index (χ4v) is 2.27. The Morgan fingerprint density at radius 3 is 3.05 bits per heavy atom. The number of ether oxygens (including phenoxy) is 1. The lowest BCUT2D eigenvalue weighted by atomic mass is 10.2. The van der Waals surface area contributed by atoms with Crippen molar-refractivity contribution in [2.45, 2.75) is 13.5 Å². The zero-order chi connectivity index (χ0) is 14.4. The molecule has 1 fully saturated rings. The van der Waals surface area contributed by atoms with Crippen molar-refractivity contribution >= 4 is 17.6 Å². The predicted molar refractivity (Wildman–Crippen MR) is 79.3 cm³/mol. The Balaban J connectivity index is 1.89. The number of rotatable bonds is 7. The van der Waals surface area contributed by atoms with Crippen LogP contribution in [0.1, 0.15) is 12.5 Å². The molecule has 0 unspecified atom stereocenters. The third kappa shape index (κ3) is 4.02. The van der Waals surface area contributed by atoms with Gasteiger partial charge in [-0.15, -0.1) is 0 Å². The molecule has 2 N–H and O–H groups in total. The molecule has 0 radical (unpaired) electrons. The smallest absolute Gasteiger partial charge is 0.317 e. The average molecular weight is 298 g/mol. The molecule has 6 heteroatoms. The third-order valence-electron chi connectivity index (χ3n) is 3.15. The second-order valence-corrected chi connectivity index (χ2v) is 5.04. The second-order valence-electron chi connectivity index (χ2n) is 4.60. The van der Waals surface area contributed by atoms with E-state index < -0.39 is 0 Å². The Morgan fingerprint density at radius 1 is 1.50 bits per heavy atom. The fraction of sp³-hybridized carbons (Fsp3) is 0.500. The molecule has 0 spiro atoms. The highest BCUT2D eigenvalue weighted by Crippen LogP contribution is 2.22. The predicted octanol–water partition coefficient (Wildman–Crippen LogP) is 1.85. The second kappa shape index (κ2) is 7.36. The van der Waals surface area contributed by atoms with Crippen LogP contribution in [0, 0.1) is 0 Å². The van der Waals surface area contributed by atoms with E-state index in [9.17, 15) is 4.79 Å². The Hall–Kier alpha value is -1.46. The van der Waals surface area contributed by atoms with Crippen LogP contribution in [-0.4, -0.2) is 43.7 Å². The molecule has 1 saturated heterocycles. The van der Waals surface area contributed by atoms with Gasteiger partial charge in [-0.05, 0) is 24.7 Å². The number of carbonyl (C=O) groups excluding carboxylic acids is 1. The maximum Gasteiger partial charge on any atom is 0.317 e. The summed E-state index contributed by atoms with van der Waals surface area (Å²) in [5.74, 6) is 0.815. The van der Waals surface area contributed by atoms with Gasteiger partial charge in [0.1, 0.15) is 12.4 Å². The highest BCUT2D eigenvalue weighted by atomic mass is 35.5. The summed E-state index contributed by atoms with van der Waals surface area (Å²) in [7, 11) is 0. The van der Waals surface area contributed by atoms with Crippen molar-refractivity contribution in [2.75, 3.05) is 32.8 Å². The van der Waals surface area contributed by atoms with E-state index >= 15 is 0 Å². The molecule has 1 aromatic rings. The van der Waals surface area contributed by atoms with Crippen LogP contribution in [0.2, 0.25) is 5.02 Å². The van der Waals surface area contributed by atoms with Gasteiger partial charge in [0, 0.05) is 30.2 Å². The maximum atomic E-state index is 11.4. The average Bonchev–Trinajstić information content (AvgIpc) is 2.84. The van der Waals surface area contributed by atoms with Crippen LogP contribution in [0.15, 0.2) is 18.2 Å². The van der Waals surface area contributed by atoms with Crippen LogP contribution in [0.4, 0.5) is 4.79 Å². The first-order chi connectivity index (χ1) is 9.70. The number of urea groups is 1. The lowest BCUT2D eigenvalue weighted by molar-refractivity contribution is 0.202.